The van der Waals surface area contributed by atoms with Gasteiger partial charge in [0.1, 0.15) is 12.7 Å². The molecule has 4 heterocycles. The number of rotatable bonds is 3. The average molecular weight is 442 g/mol. The maximum absolute atomic E-state index is 13.8. The van der Waals surface area contributed by atoms with Gasteiger partial charge in [-0.15, -0.1) is 11.3 Å². The number of carbonyl (C=O) groups excluding carboxylic acids is 1. The second-order valence-electron chi connectivity index (χ2n) is 8.41. The van der Waals surface area contributed by atoms with E-state index in [0.29, 0.717) is 6.04 Å². The molecular formula is C25H23N5OS. The number of thiophene rings is 1. The van der Waals surface area contributed by atoms with Crippen molar-refractivity contribution >= 4 is 39.8 Å². The molecule has 0 atom stereocenters. The van der Waals surface area contributed by atoms with E-state index in [1.54, 1.807) is 24.0 Å². The number of carbonyl (C=O) groups is 1. The van der Waals surface area contributed by atoms with Gasteiger partial charge in [0, 0.05) is 23.4 Å². The molecular weight excluding hydrogens is 418 g/mol. The van der Waals surface area contributed by atoms with E-state index >= 15 is 0 Å². The van der Waals surface area contributed by atoms with E-state index in [0.717, 1.165) is 66.5 Å². The van der Waals surface area contributed by atoms with Crippen LogP contribution in [-0.4, -0.2) is 43.6 Å². The van der Waals surface area contributed by atoms with Gasteiger partial charge < -0.3 is 4.90 Å². The number of fused-ring (bicyclic) bond motifs is 2. The molecule has 1 aliphatic carbocycles. The number of aromatic nitrogens is 4. The average Bonchev–Trinajstić information content (AvgIpc) is 3.61. The standard InChI is InChI=1S/C25H23N5OS/c31-25(29-11-9-18(10-12-29)30-16-26-15-27-30)23-20-5-1-2-6-22(20)28-24-17(7-8-21(23)24)14-19-4-3-13-32-19/h1-6,13-16,18H,7-12H2/b17-14-. The fourth-order valence-corrected chi connectivity index (χ4v) is 5.65. The Hall–Kier alpha value is -3.32. The van der Waals surface area contributed by atoms with E-state index in [4.69, 9.17) is 4.98 Å². The van der Waals surface area contributed by atoms with Gasteiger partial charge >= 0.3 is 0 Å². The molecule has 7 heteroatoms. The van der Waals surface area contributed by atoms with Crippen LogP contribution in [0.1, 0.15) is 51.8 Å². The van der Waals surface area contributed by atoms with Gasteiger partial charge in [-0.25, -0.2) is 14.6 Å². The van der Waals surface area contributed by atoms with E-state index in [2.05, 4.69) is 33.7 Å². The maximum atomic E-state index is 13.8. The lowest BCUT2D eigenvalue weighted by atomic mass is 9.98. The quantitative estimate of drug-likeness (QED) is 0.456. The second kappa shape index (κ2) is 7.98. The largest absolute Gasteiger partial charge is 0.338 e. The van der Waals surface area contributed by atoms with Crippen molar-refractivity contribution in [2.24, 2.45) is 0 Å². The Kier molecular flexibility index (Phi) is 4.83. The Bertz CT molecular complexity index is 1300. The molecule has 1 fully saturated rings. The van der Waals surface area contributed by atoms with Gasteiger partial charge in [0.25, 0.3) is 5.91 Å². The highest BCUT2D eigenvalue weighted by Crippen LogP contribution is 2.38. The molecule has 6 nitrogen and oxygen atoms in total. The van der Waals surface area contributed by atoms with Crippen LogP contribution in [0, 0.1) is 0 Å². The monoisotopic (exact) mass is 441 g/mol. The van der Waals surface area contributed by atoms with Gasteiger partial charge in [-0.2, -0.15) is 5.10 Å². The lowest BCUT2D eigenvalue weighted by Gasteiger charge is -2.32. The minimum Gasteiger partial charge on any atom is -0.338 e. The van der Waals surface area contributed by atoms with Gasteiger partial charge in [0.15, 0.2) is 0 Å². The number of benzene rings is 1. The fraction of sp³-hybridized carbons (Fsp3) is 0.280. The Morgan fingerprint density at radius 3 is 2.75 bits per heavy atom. The molecule has 0 radical (unpaired) electrons. The molecule has 6 rings (SSSR count). The Morgan fingerprint density at radius 1 is 1.09 bits per heavy atom. The first kappa shape index (κ1) is 19.4. The summed E-state index contributed by atoms with van der Waals surface area (Å²) in [6.45, 7) is 1.46. The first-order chi connectivity index (χ1) is 15.8. The highest BCUT2D eigenvalue weighted by atomic mass is 32.1. The van der Waals surface area contributed by atoms with Gasteiger partial charge in [-0.05, 0) is 60.4 Å². The van der Waals surface area contributed by atoms with Crippen molar-refractivity contribution in [2.45, 2.75) is 31.7 Å². The minimum absolute atomic E-state index is 0.134. The third-order valence-electron chi connectivity index (χ3n) is 6.58. The fourth-order valence-electron chi connectivity index (χ4n) is 4.97. The third-order valence-corrected chi connectivity index (χ3v) is 7.40. The van der Waals surface area contributed by atoms with Crippen LogP contribution in [0.25, 0.3) is 22.6 Å². The Balaban J connectivity index is 1.37. The van der Waals surface area contributed by atoms with Crippen LogP contribution in [0.3, 0.4) is 0 Å². The SMILES string of the molecule is O=C(c1c2c(nc3ccccc13)/C(=C\c1cccs1)CC2)N1CCC(n2cncn2)CC1. The van der Waals surface area contributed by atoms with E-state index in [1.165, 1.54) is 10.5 Å². The van der Waals surface area contributed by atoms with E-state index in [1.807, 2.05) is 33.8 Å². The van der Waals surface area contributed by atoms with Crippen LogP contribution in [0.4, 0.5) is 0 Å². The van der Waals surface area contributed by atoms with Crippen molar-refractivity contribution in [3.63, 3.8) is 0 Å². The lowest BCUT2D eigenvalue weighted by Crippen LogP contribution is -2.39. The molecule has 160 valence electrons. The zero-order chi connectivity index (χ0) is 21.5. The zero-order valence-electron chi connectivity index (χ0n) is 17.6. The van der Waals surface area contributed by atoms with E-state index in [-0.39, 0.29) is 5.91 Å². The molecule has 32 heavy (non-hydrogen) atoms. The van der Waals surface area contributed by atoms with Crippen LogP contribution in [0.15, 0.2) is 54.4 Å². The summed E-state index contributed by atoms with van der Waals surface area (Å²) in [5, 5.41) is 7.34. The molecule has 4 aromatic rings. The molecule has 1 amide bonds. The molecule has 0 N–H and O–H groups in total. The second-order valence-corrected chi connectivity index (χ2v) is 9.39. The number of hydrogen-bond donors (Lipinski definition) is 0. The van der Waals surface area contributed by atoms with Crippen LogP contribution < -0.4 is 0 Å². The van der Waals surface area contributed by atoms with Crippen molar-refractivity contribution in [3.05, 3.63) is 76.1 Å². The molecule has 0 spiro atoms. The predicted molar refractivity (Wildman–Crippen MR) is 126 cm³/mol. The van der Waals surface area contributed by atoms with E-state index < -0.39 is 0 Å². The Labute approximate surface area is 190 Å². The summed E-state index contributed by atoms with van der Waals surface area (Å²) in [5.41, 5.74) is 5.07. The van der Waals surface area contributed by atoms with Gasteiger partial charge in [-0.1, -0.05) is 24.3 Å². The molecule has 3 aromatic heterocycles. The molecule has 0 bridgehead atoms. The number of nitrogens with zero attached hydrogens (tertiary/aromatic N) is 5. The number of amides is 1. The highest BCUT2D eigenvalue weighted by Gasteiger charge is 2.31. The molecule has 1 aromatic carbocycles. The van der Waals surface area contributed by atoms with Gasteiger partial charge in [0.2, 0.25) is 0 Å². The predicted octanol–water partition coefficient (Wildman–Crippen LogP) is 4.85. The summed E-state index contributed by atoms with van der Waals surface area (Å²) in [7, 11) is 0. The first-order valence-electron chi connectivity index (χ1n) is 11.1. The lowest BCUT2D eigenvalue weighted by molar-refractivity contribution is 0.0690. The number of allylic oxidation sites excluding steroid dienone is 1. The summed E-state index contributed by atoms with van der Waals surface area (Å²) in [4.78, 5) is 26.1. The third kappa shape index (κ3) is 3.33. The minimum atomic E-state index is 0.134. The molecule has 2 aliphatic rings. The molecule has 1 saturated heterocycles. The smallest absolute Gasteiger partial charge is 0.254 e. The molecule has 0 unspecified atom stereocenters. The Morgan fingerprint density at radius 2 is 1.97 bits per heavy atom. The topological polar surface area (TPSA) is 63.9 Å². The number of likely N-dealkylation sites (tertiary alicyclic amines) is 1. The summed E-state index contributed by atoms with van der Waals surface area (Å²) in [6, 6.07) is 12.6. The number of para-hydroxylation sites is 1. The van der Waals surface area contributed by atoms with Gasteiger partial charge in [0.05, 0.1) is 22.8 Å². The maximum Gasteiger partial charge on any atom is 0.254 e. The van der Waals surface area contributed by atoms with Crippen LogP contribution in [0.2, 0.25) is 0 Å². The molecule has 1 aliphatic heterocycles. The summed E-state index contributed by atoms with van der Waals surface area (Å²) >= 11 is 1.73. The van der Waals surface area contributed by atoms with E-state index in [9.17, 15) is 4.79 Å². The normalized spacial score (nSPS) is 17.9. The first-order valence-corrected chi connectivity index (χ1v) is 12.0. The summed E-state index contributed by atoms with van der Waals surface area (Å²) in [5.74, 6) is 0.134. The number of hydrogen-bond acceptors (Lipinski definition) is 5. The number of pyridine rings is 1. The molecule has 0 saturated carbocycles. The van der Waals surface area contributed by atoms with Crippen molar-refractivity contribution < 1.29 is 4.79 Å². The van der Waals surface area contributed by atoms with Crippen LogP contribution in [0.5, 0.6) is 0 Å². The number of piperidine rings is 1. The summed E-state index contributed by atoms with van der Waals surface area (Å²) in [6.07, 6.45) is 9.15. The summed E-state index contributed by atoms with van der Waals surface area (Å²) < 4.78 is 1.92. The van der Waals surface area contributed by atoms with Crippen molar-refractivity contribution in [3.8, 4) is 0 Å². The van der Waals surface area contributed by atoms with Crippen molar-refractivity contribution in [1.82, 2.24) is 24.6 Å². The van der Waals surface area contributed by atoms with Crippen molar-refractivity contribution in [1.29, 1.82) is 0 Å². The van der Waals surface area contributed by atoms with Crippen molar-refractivity contribution in [2.75, 3.05) is 13.1 Å². The highest BCUT2D eigenvalue weighted by molar-refractivity contribution is 7.10. The van der Waals surface area contributed by atoms with Gasteiger partial charge in [-0.3, -0.25) is 4.79 Å². The zero-order valence-corrected chi connectivity index (χ0v) is 18.5. The van der Waals surface area contributed by atoms with Crippen LogP contribution in [-0.2, 0) is 6.42 Å². The van der Waals surface area contributed by atoms with Crippen LogP contribution >= 0.6 is 11.3 Å².